The highest BCUT2D eigenvalue weighted by Gasteiger charge is 2.28. The van der Waals surface area contributed by atoms with Gasteiger partial charge in [-0.05, 0) is 79.4 Å². The van der Waals surface area contributed by atoms with Crippen LogP contribution in [0.4, 0.5) is 11.4 Å². The SMILES string of the molecule is CN=NNN1CCCc2c(CCN3CCN(c4cccc5nc(C)ccc45)C[C@H]3NCl)cccc21.Cl. The molecule has 1 atom stereocenters. The fraction of sp³-hybridized carbons (Fsp3) is 0.423. The Kier molecular flexibility index (Phi) is 8.85. The zero-order valence-electron chi connectivity index (χ0n) is 20.8. The van der Waals surface area contributed by atoms with Gasteiger partial charge in [0, 0.05) is 49.5 Å². The van der Waals surface area contributed by atoms with Crippen LogP contribution in [0.5, 0.6) is 0 Å². The molecule has 1 saturated heterocycles. The number of hydrogen-bond donors (Lipinski definition) is 2. The molecule has 0 unspecified atom stereocenters. The number of aryl methyl sites for hydroxylation is 1. The van der Waals surface area contributed by atoms with Gasteiger partial charge in [-0.2, -0.15) is 10.6 Å². The Labute approximate surface area is 224 Å². The van der Waals surface area contributed by atoms with Gasteiger partial charge in [-0.25, -0.2) is 4.84 Å². The first-order chi connectivity index (χ1) is 17.2. The number of nitrogens with one attached hydrogen (secondary N) is 2. The Morgan fingerprint density at radius 3 is 2.72 bits per heavy atom. The number of hydrogen-bond acceptors (Lipinski definition) is 7. The lowest BCUT2D eigenvalue weighted by atomic mass is 9.95. The maximum Gasteiger partial charge on any atom is 0.0916 e. The molecule has 0 amide bonds. The Morgan fingerprint density at radius 2 is 1.89 bits per heavy atom. The van der Waals surface area contributed by atoms with E-state index in [1.807, 2.05) is 6.92 Å². The molecule has 0 bridgehead atoms. The van der Waals surface area contributed by atoms with Crippen LogP contribution in [0.3, 0.4) is 0 Å². The van der Waals surface area contributed by atoms with E-state index < -0.39 is 0 Å². The molecule has 192 valence electrons. The summed E-state index contributed by atoms with van der Waals surface area (Å²) < 4.78 is 0. The van der Waals surface area contributed by atoms with Crippen LogP contribution in [0.15, 0.2) is 58.9 Å². The van der Waals surface area contributed by atoms with E-state index in [4.69, 9.17) is 16.8 Å². The van der Waals surface area contributed by atoms with E-state index in [2.05, 4.69) is 84.0 Å². The molecule has 3 heterocycles. The second-order valence-electron chi connectivity index (χ2n) is 9.22. The summed E-state index contributed by atoms with van der Waals surface area (Å²) in [5.74, 6) is 0. The maximum atomic E-state index is 6.27. The van der Waals surface area contributed by atoms with Crippen molar-refractivity contribution in [3.05, 3.63) is 65.4 Å². The highest BCUT2D eigenvalue weighted by Crippen LogP contribution is 2.30. The number of benzene rings is 2. The molecule has 1 aromatic heterocycles. The highest BCUT2D eigenvalue weighted by atomic mass is 35.5. The van der Waals surface area contributed by atoms with E-state index in [9.17, 15) is 0 Å². The molecule has 2 aliphatic rings. The van der Waals surface area contributed by atoms with E-state index in [1.54, 1.807) is 7.05 Å². The van der Waals surface area contributed by atoms with E-state index in [-0.39, 0.29) is 18.6 Å². The molecule has 36 heavy (non-hydrogen) atoms. The second-order valence-corrected chi connectivity index (χ2v) is 9.44. The van der Waals surface area contributed by atoms with Gasteiger partial charge in [0.05, 0.1) is 24.4 Å². The van der Waals surface area contributed by atoms with Crippen LogP contribution in [-0.4, -0.2) is 55.8 Å². The molecule has 2 aliphatic heterocycles. The van der Waals surface area contributed by atoms with Gasteiger partial charge in [0.2, 0.25) is 0 Å². The number of anilines is 2. The molecule has 0 aliphatic carbocycles. The molecule has 0 radical (unpaired) electrons. The lowest BCUT2D eigenvalue weighted by molar-refractivity contribution is 0.170. The van der Waals surface area contributed by atoms with Gasteiger partial charge in [0.15, 0.2) is 0 Å². The molecule has 2 N–H and O–H groups in total. The van der Waals surface area contributed by atoms with Crippen LogP contribution in [0.2, 0.25) is 0 Å². The van der Waals surface area contributed by atoms with E-state index in [0.29, 0.717) is 0 Å². The minimum absolute atomic E-state index is 0. The lowest BCUT2D eigenvalue weighted by Crippen LogP contribution is -2.57. The summed E-state index contributed by atoms with van der Waals surface area (Å²) in [6, 6.07) is 17.2. The predicted molar refractivity (Wildman–Crippen MR) is 150 cm³/mol. The summed E-state index contributed by atoms with van der Waals surface area (Å²) >= 11 is 6.27. The third-order valence-corrected chi connectivity index (χ3v) is 7.34. The average molecular weight is 530 g/mol. The first kappa shape index (κ1) is 26.4. The lowest BCUT2D eigenvalue weighted by Gasteiger charge is -2.42. The fourth-order valence-electron chi connectivity index (χ4n) is 5.32. The third-order valence-electron chi connectivity index (χ3n) is 7.09. The van der Waals surface area contributed by atoms with E-state index in [0.717, 1.165) is 63.2 Å². The molecule has 10 heteroatoms. The largest absolute Gasteiger partial charge is 0.367 e. The summed E-state index contributed by atoms with van der Waals surface area (Å²) in [4.78, 5) is 12.6. The van der Waals surface area contributed by atoms with Crippen molar-refractivity contribution in [3.8, 4) is 0 Å². The van der Waals surface area contributed by atoms with Crippen molar-refractivity contribution in [3.63, 3.8) is 0 Å². The number of halogens is 2. The van der Waals surface area contributed by atoms with Crippen LogP contribution in [0, 0.1) is 6.92 Å². The quantitative estimate of drug-likeness (QED) is 0.264. The monoisotopic (exact) mass is 528 g/mol. The normalized spacial score (nSPS) is 18.4. The Balaban J connectivity index is 0.00000304. The smallest absolute Gasteiger partial charge is 0.0916 e. The van der Waals surface area contributed by atoms with Crippen molar-refractivity contribution >= 4 is 46.5 Å². The Hall–Kier alpha value is -2.65. The molecular weight excluding hydrogens is 495 g/mol. The van der Waals surface area contributed by atoms with Crippen LogP contribution in [0.1, 0.15) is 23.2 Å². The summed E-state index contributed by atoms with van der Waals surface area (Å²) in [5, 5.41) is 11.1. The van der Waals surface area contributed by atoms with Gasteiger partial charge in [-0.3, -0.25) is 14.9 Å². The number of fused-ring (bicyclic) bond motifs is 2. The van der Waals surface area contributed by atoms with Crippen LogP contribution >= 0.6 is 24.2 Å². The Morgan fingerprint density at radius 1 is 1.06 bits per heavy atom. The van der Waals surface area contributed by atoms with Crippen molar-refractivity contribution in [1.82, 2.24) is 20.3 Å². The Bertz CT molecular complexity index is 1200. The maximum absolute atomic E-state index is 6.27. The third kappa shape index (κ3) is 5.52. The first-order valence-corrected chi connectivity index (χ1v) is 12.7. The molecule has 0 spiro atoms. The predicted octanol–water partition coefficient (Wildman–Crippen LogP) is 4.65. The molecule has 5 rings (SSSR count). The molecule has 0 saturated carbocycles. The van der Waals surface area contributed by atoms with Gasteiger partial charge < -0.3 is 4.90 Å². The van der Waals surface area contributed by atoms with Crippen LogP contribution in [-0.2, 0) is 12.8 Å². The highest BCUT2D eigenvalue weighted by molar-refractivity contribution is 6.13. The molecule has 2 aromatic carbocycles. The van der Waals surface area contributed by atoms with Crippen LogP contribution in [0.25, 0.3) is 10.9 Å². The van der Waals surface area contributed by atoms with Gasteiger partial charge >= 0.3 is 0 Å². The number of hydrazine groups is 1. The standard InChI is InChI=1S/C26H33ClN8.ClH/c1-19-11-12-22-23(29-19)8-4-9-24(22)34-17-16-33(26(18-34)30-27)15-13-20-6-3-10-25-21(20)7-5-14-35(25)32-31-28-2;/h3-4,6,8-12,26,30H,5,7,13-18H2,1-2H3,(H,28,32);1H/t26-;/m0./s1. The van der Waals surface area contributed by atoms with Crippen molar-refractivity contribution in [1.29, 1.82) is 0 Å². The van der Waals surface area contributed by atoms with E-state index >= 15 is 0 Å². The zero-order valence-corrected chi connectivity index (χ0v) is 22.4. The van der Waals surface area contributed by atoms with Gasteiger partial charge in [-0.1, -0.05) is 23.4 Å². The number of rotatable bonds is 7. The van der Waals surface area contributed by atoms with Crippen LogP contribution < -0.4 is 20.3 Å². The summed E-state index contributed by atoms with van der Waals surface area (Å²) in [6.07, 6.45) is 3.24. The minimum Gasteiger partial charge on any atom is -0.367 e. The molecular formula is C26H34Cl2N8. The van der Waals surface area contributed by atoms with Crippen molar-refractivity contribution < 1.29 is 0 Å². The summed E-state index contributed by atoms with van der Waals surface area (Å²) in [6.45, 7) is 6.63. The van der Waals surface area contributed by atoms with Gasteiger partial charge in [0.1, 0.15) is 0 Å². The molecule has 1 fully saturated rings. The van der Waals surface area contributed by atoms with Crippen molar-refractivity contribution in [2.45, 2.75) is 32.4 Å². The van der Waals surface area contributed by atoms with Crippen molar-refractivity contribution in [2.75, 3.05) is 49.7 Å². The summed E-state index contributed by atoms with van der Waals surface area (Å²) in [7, 11) is 1.67. The van der Waals surface area contributed by atoms with Gasteiger partial charge in [0.25, 0.3) is 0 Å². The summed E-state index contributed by atoms with van der Waals surface area (Å²) in [5.41, 5.74) is 10.4. The molecule has 3 aromatic rings. The number of piperazine rings is 1. The number of aromatic nitrogens is 1. The fourth-order valence-corrected chi connectivity index (χ4v) is 5.53. The van der Waals surface area contributed by atoms with Gasteiger partial charge in [-0.15, -0.1) is 12.4 Å². The minimum atomic E-state index is 0. The second kappa shape index (κ2) is 12.1. The number of nitrogens with zero attached hydrogens (tertiary/aromatic N) is 6. The van der Waals surface area contributed by atoms with E-state index in [1.165, 1.54) is 27.9 Å². The average Bonchev–Trinajstić information content (AvgIpc) is 2.90. The zero-order chi connectivity index (χ0) is 24.2. The number of pyridine rings is 1. The first-order valence-electron chi connectivity index (χ1n) is 12.3. The topological polar surface area (TPSA) is 71.4 Å². The van der Waals surface area contributed by atoms with Crippen molar-refractivity contribution in [2.24, 2.45) is 10.3 Å². The molecule has 8 nitrogen and oxygen atoms in total.